The second-order valence-corrected chi connectivity index (χ2v) is 10.6. The number of allylic oxidation sites excluding steroid dienone is 1. The minimum atomic E-state index is -0.0965. The van der Waals surface area contributed by atoms with Gasteiger partial charge in [0.15, 0.2) is 0 Å². The molecular weight excluding hydrogens is 497 g/mol. The highest BCUT2D eigenvalue weighted by Crippen LogP contribution is 2.46. The molecular formula is C27H40INO2. The highest BCUT2D eigenvalue weighted by atomic mass is 127. The lowest BCUT2D eigenvalue weighted by atomic mass is 9.83. The number of nitrogens with zero attached hydrogens (tertiary/aromatic N) is 1. The van der Waals surface area contributed by atoms with Crippen LogP contribution in [0.15, 0.2) is 36.4 Å². The number of hydrogen-bond donors (Lipinski definition) is 0. The van der Waals surface area contributed by atoms with E-state index in [4.69, 9.17) is 4.74 Å². The molecule has 0 radical (unpaired) electrons. The van der Waals surface area contributed by atoms with Crippen LogP contribution in [0, 0.1) is 11.8 Å². The van der Waals surface area contributed by atoms with Crippen molar-refractivity contribution < 1.29 is 38.0 Å². The Balaban J connectivity index is 0.00000272. The van der Waals surface area contributed by atoms with Gasteiger partial charge in [0.2, 0.25) is 0 Å². The normalized spacial score (nSPS) is 32.5. The molecule has 3 unspecified atom stereocenters. The lowest BCUT2D eigenvalue weighted by Gasteiger charge is -2.53. The Hall–Kier alpha value is -0.880. The summed E-state index contributed by atoms with van der Waals surface area (Å²) in [5.41, 5.74) is 2.35. The lowest BCUT2D eigenvalue weighted by Crippen LogP contribution is -3.00. The van der Waals surface area contributed by atoms with Crippen LogP contribution >= 0.6 is 0 Å². The van der Waals surface area contributed by atoms with Crippen LogP contribution in [0.4, 0.5) is 0 Å². The standard InChI is InChI=1S/C27H40NO2.HI/c1-19(2)18-28(20(3)4)22-14-15-23(28)17-24(16-22)30-27(29)26-13-9-8-12-25(26)21-10-6-5-7-11-21;/h5-7,10-12,19-20,22-24,26H,8-9,13-18H2,1-4H3;1H/q+1;/p-1. The minimum Gasteiger partial charge on any atom is -1.00 e. The lowest BCUT2D eigenvalue weighted by molar-refractivity contribution is -0.987. The Kier molecular flexibility index (Phi) is 8.28. The molecule has 1 aromatic rings. The van der Waals surface area contributed by atoms with Crippen molar-refractivity contribution in [3.8, 4) is 0 Å². The summed E-state index contributed by atoms with van der Waals surface area (Å²) in [7, 11) is 0. The molecule has 1 aliphatic carbocycles. The smallest absolute Gasteiger partial charge is 0.313 e. The van der Waals surface area contributed by atoms with Crippen LogP contribution in [0.2, 0.25) is 0 Å². The molecule has 2 heterocycles. The van der Waals surface area contributed by atoms with Crippen molar-refractivity contribution in [2.24, 2.45) is 11.8 Å². The van der Waals surface area contributed by atoms with Gasteiger partial charge in [-0.2, -0.15) is 0 Å². The zero-order valence-electron chi connectivity index (χ0n) is 19.7. The van der Waals surface area contributed by atoms with Crippen LogP contribution in [0.1, 0.15) is 78.2 Å². The fraction of sp³-hybridized carbons (Fsp3) is 0.667. The van der Waals surface area contributed by atoms with Gasteiger partial charge >= 0.3 is 5.97 Å². The van der Waals surface area contributed by atoms with Crippen molar-refractivity contribution in [2.45, 2.75) is 96.9 Å². The van der Waals surface area contributed by atoms with Crippen LogP contribution in [0.25, 0.3) is 5.57 Å². The van der Waals surface area contributed by atoms with Gasteiger partial charge in [0.25, 0.3) is 0 Å². The van der Waals surface area contributed by atoms with E-state index in [-0.39, 0.29) is 42.0 Å². The zero-order chi connectivity index (χ0) is 21.3. The molecule has 3 atom stereocenters. The molecule has 1 aromatic carbocycles. The molecule has 3 aliphatic rings. The maximum atomic E-state index is 13.3. The van der Waals surface area contributed by atoms with E-state index in [1.807, 2.05) is 6.07 Å². The van der Waals surface area contributed by atoms with Crippen molar-refractivity contribution in [1.82, 2.24) is 0 Å². The molecule has 0 aromatic heterocycles. The third-order valence-corrected chi connectivity index (χ3v) is 8.02. The summed E-state index contributed by atoms with van der Waals surface area (Å²) < 4.78 is 7.51. The molecule has 0 saturated carbocycles. The Morgan fingerprint density at radius 1 is 1.03 bits per heavy atom. The maximum absolute atomic E-state index is 13.3. The van der Waals surface area contributed by atoms with Crippen LogP contribution in [0.5, 0.6) is 0 Å². The number of ether oxygens (including phenoxy) is 1. The molecule has 4 heteroatoms. The number of rotatable bonds is 6. The van der Waals surface area contributed by atoms with E-state index in [9.17, 15) is 4.79 Å². The van der Waals surface area contributed by atoms with Gasteiger partial charge in [-0.15, -0.1) is 0 Å². The van der Waals surface area contributed by atoms with E-state index in [1.54, 1.807) is 0 Å². The van der Waals surface area contributed by atoms with Gasteiger partial charge in [-0.1, -0.05) is 50.3 Å². The fourth-order valence-electron chi connectivity index (χ4n) is 6.89. The number of hydrogen-bond acceptors (Lipinski definition) is 2. The SMILES string of the molecule is CC(C)C[N+]1(C(C)C)C2CCC1CC(OC(=O)C1CCCC=C1c1ccccc1)C2.[I-]. The highest BCUT2D eigenvalue weighted by Gasteiger charge is 2.56. The maximum Gasteiger partial charge on any atom is 0.313 e. The molecule has 2 aliphatic heterocycles. The van der Waals surface area contributed by atoms with Crippen molar-refractivity contribution in [3.63, 3.8) is 0 Å². The van der Waals surface area contributed by atoms with Crippen LogP contribution in [-0.4, -0.2) is 41.2 Å². The van der Waals surface area contributed by atoms with Crippen molar-refractivity contribution >= 4 is 11.5 Å². The molecule has 172 valence electrons. The molecule has 2 saturated heterocycles. The Labute approximate surface area is 206 Å². The zero-order valence-corrected chi connectivity index (χ0v) is 21.9. The van der Waals surface area contributed by atoms with Crippen LogP contribution in [0.3, 0.4) is 0 Å². The van der Waals surface area contributed by atoms with Crippen molar-refractivity contribution in [1.29, 1.82) is 0 Å². The summed E-state index contributed by atoms with van der Waals surface area (Å²) in [6.07, 6.45) is 10.1. The van der Waals surface area contributed by atoms with Gasteiger partial charge < -0.3 is 33.2 Å². The van der Waals surface area contributed by atoms with E-state index >= 15 is 0 Å². The number of benzene rings is 1. The topological polar surface area (TPSA) is 26.3 Å². The van der Waals surface area contributed by atoms with E-state index in [2.05, 4.69) is 58.0 Å². The van der Waals surface area contributed by atoms with Crippen LogP contribution in [-0.2, 0) is 9.53 Å². The third kappa shape index (κ3) is 4.90. The second-order valence-electron chi connectivity index (χ2n) is 10.6. The average Bonchev–Trinajstić information content (AvgIpc) is 2.92. The first-order valence-corrected chi connectivity index (χ1v) is 12.2. The van der Waals surface area contributed by atoms with E-state index in [0.29, 0.717) is 24.0 Å². The first-order chi connectivity index (χ1) is 14.4. The Morgan fingerprint density at radius 3 is 2.26 bits per heavy atom. The summed E-state index contributed by atoms with van der Waals surface area (Å²) in [4.78, 5) is 13.3. The summed E-state index contributed by atoms with van der Waals surface area (Å²) >= 11 is 0. The number of quaternary nitrogens is 1. The van der Waals surface area contributed by atoms with Crippen molar-refractivity contribution in [2.75, 3.05) is 6.54 Å². The number of halogens is 1. The molecule has 0 spiro atoms. The molecule has 2 bridgehead atoms. The quantitative estimate of drug-likeness (QED) is 0.317. The molecule has 0 N–H and O–H groups in total. The van der Waals surface area contributed by atoms with Gasteiger partial charge in [0, 0.05) is 31.6 Å². The van der Waals surface area contributed by atoms with E-state index in [1.165, 1.54) is 35.0 Å². The predicted molar refractivity (Wildman–Crippen MR) is 123 cm³/mol. The van der Waals surface area contributed by atoms with E-state index in [0.717, 1.165) is 32.1 Å². The molecule has 0 amide bonds. The Bertz CT molecular complexity index is 759. The minimum absolute atomic E-state index is 0. The number of carbonyl (C=O) groups is 1. The second kappa shape index (κ2) is 10.4. The van der Waals surface area contributed by atoms with Crippen LogP contribution < -0.4 is 24.0 Å². The third-order valence-electron chi connectivity index (χ3n) is 8.02. The van der Waals surface area contributed by atoms with Crippen molar-refractivity contribution in [3.05, 3.63) is 42.0 Å². The number of carbonyl (C=O) groups excluding carboxylic acids is 1. The molecule has 4 rings (SSSR count). The first kappa shape index (κ1) is 24.8. The largest absolute Gasteiger partial charge is 1.00 e. The highest BCUT2D eigenvalue weighted by molar-refractivity contribution is 5.89. The number of esters is 1. The van der Waals surface area contributed by atoms with Gasteiger partial charge in [-0.3, -0.25) is 4.79 Å². The summed E-state index contributed by atoms with van der Waals surface area (Å²) in [5.74, 6) is 0.624. The molecule has 2 fully saturated rings. The monoisotopic (exact) mass is 537 g/mol. The summed E-state index contributed by atoms with van der Waals surface area (Å²) in [5, 5.41) is 0. The predicted octanol–water partition coefficient (Wildman–Crippen LogP) is 2.99. The van der Waals surface area contributed by atoms with Gasteiger partial charge in [-0.05, 0) is 44.2 Å². The first-order valence-electron chi connectivity index (χ1n) is 12.2. The summed E-state index contributed by atoms with van der Waals surface area (Å²) in [6, 6.07) is 12.4. The fourth-order valence-corrected chi connectivity index (χ4v) is 6.89. The van der Waals surface area contributed by atoms with Gasteiger partial charge in [-0.25, -0.2) is 0 Å². The molecule has 3 nitrogen and oxygen atoms in total. The van der Waals surface area contributed by atoms with Gasteiger partial charge in [0.05, 0.1) is 30.6 Å². The summed E-state index contributed by atoms with van der Waals surface area (Å²) in [6.45, 7) is 10.8. The Morgan fingerprint density at radius 2 is 1.68 bits per heavy atom. The van der Waals surface area contributed by atoms with Gasteiger partial charge in [0.1, 0.15) is 6.10 Å². The number of piperidine rings is 1. The number of fused-ring (bicyclic) bond motifs is 2. The molecule has 31 heavy (non-hydrogen) atoms. The van der Waals surface area contributed by atoms with E-state index < -0.39 is 0 Å². The average molecular weight is 538 g/mol.